The Balaban J connectivity index is 1.09. The molecule has 2 aromatic heterocycles. The van der Waals surface area contributed by atoms with Crippen LogP contribution in [-0.4, -0.2) is 72.5 Å². The Labute approximate surface area is 217 Å². The highest BCUT2D eigenvalue weighted by atomic mass is 16.5. The van der Waals surface area contributed by atoms with Gasteiger partial charge in [-0.15, -0.1) is 0 Å². The number of anilines is 2. The van der Waals surface area contributed by atoms with Crippen LogP contribution in [0.25, 0.3) is 22.4 Å². The number of piperazine rings is 1. The first-order chi connectivity index (χ1) is 18.1. The van der Waals surface area contributed by atoms with Gasteiger partial charge in [0.1, 0.15) is 0 Å². The zero-order chi connectivity index (χ0) is 25.2. The Hall–Kier alpha value is -3.49. The molecule has 0 amide bonds. The minimum Gasteiger partial charge on any atom is -0.378 e. The summed E-state index contributed by atoms with van der Waals surface area (Å²) < 4.78 is 11.1. The summed E-state index contributed by atoms with van der Waals surface area (Å²) in [6.07, 6.45) is 1.93. The number of nitrogens with zero attached hydrogens (tertiary/aromatic N) is 6. The van der Waals surface area contributed by atoms with Crippen LogP contribution in [0.15, 0.2) is 59.3 Å². The molecule has 6 rings (SSSR count). The first-order valence-corrected chi connectivity index (χ1v) is 13.3. The molecule has 192 valence electrons. The van der Waals surface area contributed by atoms with Gasteiger partial charge in [0.25, 0.3) is 5.89 Å². The Kier molecular flexibility index (Phi) is 6.76. The van der Waals surface area contributed by atoms with E-state index >= 15 is 0 Å². The molecule has 37 heavy (non-hydrogen) atoms. The standard InChI is InChI=1S/C29H34N6O2/c1-21(2)22-3-5-23(6-4-22)29-31-28(32-37-29)20-33-11-13-35(14-12-33)27-9-10-30-26-19-24(7-8-25(26)27)34-15-17-36-18-16-34/h3-10,19,21H,11-18,20H2,1-2H3. The third-order valence-corrected chi connectivity index (χ3v) is 7.45. The second-order valence-electron chi connectivity index (χ2n) is 10.2. The maximum Gasteiger partial charge on any atom is 0.257 e. The first-order valence-electron chi connectivity index (χ1n) is 13.3. The highest BCUT2D eigenvalue weighted by molar-refractivity contribution is 5.93. The predicted molar refractivity (Wildman–Crippen MR) is 146 cm³/mol. The van der Waals surface area contributed by atoms with Gasteiger partial charge in [0.2, 0.25) is 0 Å². The van der Waals surface area contributed by atoms with Gasteiger partial charge in [-0.05, 0) is 47.9 Å². The molecular weight excluding hydrogens is 464 g/mol. The van der Waals surface area contributed by atoms with Crippen molar-refractivity contribution in [1.82, 2.24) is 20.0 Å². The van der Waals surface area contributed by atoms with Gasteiger partial charge in [0.05, 0.1) is 25.3 Å². The normalized spacial score (nSPS) is 17.2. The van der Waals surface area contributed by atoms with Crippen molar-refractivity contribution in [1.29, 1.82) is 0 Å². The van der Waals surface area contributed by atoms with Gasteiger partial charge in [0.15, 0.2) is 5.82 Å². The van der Waals surface area contributed by atoms with Crippen molar-refractivity contribution in [2.75, 3.05) is 62.3 Å². The van der Waals surface area contributed by atoms with Crippen molar-refractivity contribution < 1.29 is 9.26 Å². The molecule has 4 heterocycles. The van der Waals surface area contributed by atoms with E-state index in [-0.39, 0.29) is 0 Å². The van der Waals surface area contributed by atoms with Crippen LogP contribution >= 0.6 is 0 Å². The minimum atomic E-state index is 0.503. The number of benzene rings is 2. The maximum absolute atomic E-state index is 5.57. The molecule has 0 N–H and O–H groups in total. The molecule has 8 nitrogen and oxygen atoms in total. The summed E-state index contributed by atoms with van der Waals surface area (Å²) in [6, 6.07) is 17.2. The number of aromatic nitrogens is 3. The molecule has 8 heteroatoms. The van der Waals surface area contributed by atoms with Crippen molar-refractivity contribution in [3.8, 4) is 11.5 Å². The van der Waals surface area contributed by atoms with Crippen LogP contribution in [0.2, 0.25) is 0 Å². The molecule has 0 saturated carbocycles. The lowest BCUT2D eigenvalue weighted by molar-refractivity contribution is 0.122. The van der Waals surface area contributed by atoms with E-state index in [9.17, 15) is 0 Å². The van der Waals surface area contributed by atoms with Crippen LogP contribution in [0.4, 0.5) is 11.4 Å². The quantitative estimate of drug-likeness (QED) is 0.383. The molecule has 0 radical (unpaired) electrons. The zero-order valence-electron chi connectivity index (χ0n) is 21.6. The van der Waals surface area contributed by atoms with Crippen LogP contribution in [0.3, 0.4) is 0 Å². The van der Waals surface area contributed by atoms with Crippen LogP contribution in [-0.2, 0) is 11.3 Å². The number of fused-ring (bicyclic) bond motifs is 1. The van der Waals surface area contributed by atoms with E-state index in [0.717, 1.165) is 69.4 Å². The van der Waals surface area contributed by atoms with Crippen LogP contribution in [0.5, 0.6) is 0 Å². The number of rotatable bonds is 6. The fourth-order valence-corrected chi connectivity index (χ4v) is 5.21. The Morgan fingerprint density at radius 2 is 1.65 bits per heavy atom. The lowest BCUT2D eigenvalue weighted by atomic mass is 10.0. The van der Waals surface area contributed by atoms with Crippen LogP contribution in [0, 0.1) is 0 Å². The molecule has 0 bridgehead atoms. The van der Waals surface area contributed by atoms with E-state index < -0.39 is 0 Å². The Bertz CT molecular complexity index is 1340. The SMILES string of the molecule is CC(C)c1ccc(-c2nc(CN3CCN(c4ccnc5cc(N6CCOCC6)ccc45)CC3)no2)cc1. The lowest BCUT2D eigenvalue weighted by Crippen LogP contribution is -2.46. The van der Waals surface area contributed by atoms with Gasteiger partial charge in [-0.1, -0.05) is 31.1 Å². The first kappa shape index (κ1) is 23.9. The zero-order valence-corrected chi connectivity index (χ0v) is 21.6. The number of morpholine rings is 1. The summed E-state index contributed by atoms with van der Waals surface area (Å²) in [5.41, 5.74) is 5.80. The van der Waals surface area contributed by atoms with Crippen molar-refractivity contribution in [2.45, 2.75) is 26.3 Å². The minimum absolute atomic E-state index is 0.503. The number of hydrogen-bond acceptors (Lipinski definition) is 8. The number of pyridine rings is 1. The molecule has 2 aromatic carbocycles. The van der Waals surface area contributed by atoms with E-state index in [1.807, 2.05) is 6.20 Å². The van der Waals surface area contributed by atoms with E-state index in [1.54, 1.807) is 0 Å². The van der Waals surface area contributed by atoms with Gasteiger partial charge < -0.3 is 19.1 Å². The monoisotopic (exact) mass is 498 g/mol. The number of hydrogen-bond donors (Lipinski definition) is 0. The van der Waals surface area contributed by atoms with Gasteiger partial charge in [-0.25, -0.2) is 0 Å². The second-order valence-corrected chi connectivity index (χ2v) is 10.2. The largest absolute Gasteiger partial charge is 0.378 e. The van der Waals surface area contributed by atoms with E-state index in [1.165, 1.54) is 22.3 Å². The van der Waals surface area contributed by atoms with Crippen LogP contribution in [0.1, 0.15) is 31.2 Å². The third kappa shape index (κ3) is 5.17. The molecule has 0 atom stereocenters. The summed E-state index contributed by atoms with van der Waals surface area (Å²) in [6.45, 7) is 12.3. The van der Waals surface area contributed by atoms with Crippen molar-refractivity contribution in [3.05, 3.63) is 66.1 Å². The Morgan fingerprint density at radius 1 is 0.865 bits per heavy atom. The average molecular weight is 499 g/mol. The Morgan fingerprint density at radius 3 is 2.41 bits per heavy atom. The topological polar surface area (TPSA) is 70.8 Å². The van der Waals surface area contributed by atoms with Gasteiger partial charge in [-0.3, -0.25) is 9.88 Å². The van der Waals surface area contributed by atoms with Crippen molar-refractivity contribution in [3.63, 3.8) is 0 Å². The molecule has 2 aliphatic rings. The highest BCUT2D eigenvalue weighted by Gasteiger charge is 2.21. The van der Waals surface area contributed by atoms with Crippen molar-refractivity contribution >= 4 is 22.3 Å². The van der Waals surface area contributed by atoms with Gasteiger partial charge in [0, 0.05) is 67.8 Å². The summed E-state index contributed by atoms with van der Waals surface area (Å²) in [4.78, 5) is 16.6. The maximum atomic E-state index is 5.57. The summed E-state index contributed by atoms with van der Waals surface area (Å²) in [7, 11) is 0. The van der Waals surface area contributed by atoms with Gasteiger partial charge >= 0.3 is 0 Å². The fourth-order valence-electron chi connectivity index (χ4n) is 5.21. The second kappa shape index (κ2) is 10.5. The third-order valence-electron chi connectivity index (χ3n) is 7.45. The average Bonchev–Trinajstić information content (AvgIpc) is 3.42. The van der Waals surface area contributed by atoms with E-state index in [2.05, 4.69) is 92.2 Å². The fraction of sp³-hybridized carbons (Fsp3) is 0.414. The number of ether oxygens (including phenoxy) is 1. The molecule has 2 saturated heterocycles. The highest BCUT2D eigenvalue weighted by Crippen LogP contribution is 2.30. The van der Waals surface area contributed by atoms with Gasteiger partial charge in [-0.2, -0.15) is 4.98 Å². The molecule has 2 fully saturated rings. The molecule has 0 aliphatic carbocycles. The molecule has 0 unspecified atom stereocenters. The van der Waals surface area contributed by atoms with Crippen LogP contribution < -0.4 is 9.80 Å². The summed E-state index contributed by atoms with van der Waals surface area (Å²) in [5, 5.41) is 5.46. The predicted octanol–water partition coefficient (Wildman–Crippen LogP) is 4.57. The van der Waals surface area contributed by atoms with E-state index in [4.69, 9.17) is 9.26 Å². The molecule has 4 aromatic rings. The molecular formula is C29H34N6O2. The summed E-state index contributed by atoms with van der Waals surface area (Å²) in [5.74, 6) is 1.83. The van der Waals surface area contributed by atoms with E-state index in [0.29, 0.717) is 18.4 Å². The molecule has 2 aliphatic heterocycles. The van der Waals surface area contributed by atoms with Crippen molar-refractivity contribution in [2.24, 2.45) is 0 Å². The lowest BCUT2D eigenvalue weighted by Gasteiger charge is -2.36. The molecule has 0 spiro atoms. The summed E-state index contributed by atoms with van der Waals surface area (Å²) >= 11 is 0. The smallest absolute Gasteiger partial charge is 0.257 e.